The van der Waals surface area contributed by atoms with Gasteiger partial charge in [-0.15, -0.1) is 0 Å². The van der Waals surface area contributed by atoms with Crippen molar-refractivity contribution in [1.29, 1.82) is 0 Å². The second kappa shape index (κ2) is 9.13. The number of nitrogens with one attached hydrogen (secondary N) is 1. The third-order valence-corrected chi connectivity index (χ3v) is 4.78. The molecule has 0 bridgehead atoms. The molecule has 2 heterocycles. The van der Waals surface area contributed by atoms with Crippen LogP contribution >= 0.6 is 0 Å². The maximum atomic E-state index is 12.6. The minimum Gasteiger partial charge on any atom is -0.465 e. The molecule has 3 rings (SSSR count). The van der Waals surface area contributed by atoms with E-state index < -0.39 is 23.9 Å². The molecule has 164 valence electrons. The van der Waals surface area contributed by atoms with Gasteiger partial charge in [0.05, 0.1) is 17.8 Å². The van der Waals surface area contributed by atoms with Crippen molar-refractivity contribution in [3.8, 4) is 0 Å². The summed E-state index contributed by atoms with van der Waals surface area (Å²) in [6, 6.07) is -0.440. The average Bonchev–Trinajstić information content (AvgIpc) is 3.55. The van der Waals surface area contributed by atoms with Gasteiger partial charge in [0.15, 0.2) is 6.61 Å². The van der Waals surface area contributed by atoms with Crippen LogP contribution in [0, 0.1) is 5.92 Å². The quantitative estimate of drug-likeness (QED) is 0.493. The Morgan fingerprint density at radius 2 is 1.90 bits per heavy atom. The molecule has 1 aliphatic heterocycles. The van der Waals surface area contributed by atoms with Gasteiger partial charge in [0.25, 0.3) is 5.91 Å². The second-order valence-corrected chi connectivity index (χ2v) is 6.98. The predicted octanol–water partition coefficient (Wildman–Crippen LogP) is 1.19. The van der Waals surface area contributed by atoms with Crippen LogP contribution in [-0.4, -0.2) is 77.0 Å². The maximum absolute atomic E-state index is 12.6. The largest absolute Gasteiger partial charge is 0.465 e. The zero-order valence-corrected chi connectivity index (χ0v) is 15.9. The van der Waals surface area contributed by atoms with Crippen LogP contribution < -0.4 is 10.2 Å². The van der Waals surface area contributed by atoms with E-state index in [0.29, 0.717) is 26.2 Å². The van der Waals surface area contributed by atoms with Crippen molar-refractivity contribution < 1.29 is 32.7 Å². The topological polar surface area (TPSA) is 120 Å². The Labute approximate surface area is 169 Å². The summed E-state index contributed by atoms with van der Waals surface area (Å²) in [4.78, 5) is 38.7. The van der Waals surface area contributed by atoms with E-state index in [1.807, 2.05) is 0 Å². The first-order valence-electron chi connectivity index (χ1n) is 9.31. The van der Waals surface area contributed by atoms with Crippen LogP contribution in [0.15, 0.2) is 17.5 Å². The number of hydrogen-bond acceptors (Lipinski definition) is 7. The van der Waals surface area contributed by atoms with E-state index in [4.69, 9.17) is 9.94 Å². The lowest BCUT2D eigenvalue weighted by molar-refractivity contribution is -0.138. The molecule has 2 N–H and O–H groups in total. The van der Waals surface area contributed by atoms with Gasteiger partial charge in [0.1, 0.15) is 0 Å². The highest BCUT2D eigenvalue weighted by molar-refractivity contribution is 5.78. The Morgan fingerprint density at radius 1 is 1.27 bits per heavy atom. The van der Waals surface area contributed by atoms with Gasteiger partial charge in [0, 0.05) is 38.6 Å². The number of carboxylic acid groups (broad SMARTS) is 1. The molecular weight excluding hydrogens is 409 g/mol. The van der Waals surface area contributed by atoms with Crippen LogP contribution in [0.1, 0.15) is 18.4 Å². The summed E-state index contributed by atoms with van der Waals surface area (Å²) in [6.07, 6.45) is -1.01. The van der Waals surface area contributed by atoms with Gasteiger partial charge in [-0.3, -0.25) is 4.79 Å². The van der Waals surface area contributed by atoms with E-state index in [0.717, 1.165) is 25.2 Å². The summed E-state index contributed by atoms with van der Waals surface area (Å²) >= 11 is 0. The Hall–Kier alpha value is -3.12. The zero-order valence-electron chi connectivity index (χ0n) is 15.9. The highest BCUT2D eigenvalue weighted by Gasteiger charge is 2.32. The van der Waals surface area contributed by atoms with Gasteiger partial charge >= 0.3 is 12.3 Å². The number of halogens is 3. The molecular formula is C17H21F3N6O4. The lowest BCUT2D eigenvalue weighted by Crippen LogP contribution is -2.50. The van der Waals surface area contributed by atoms with Gasteiger partial charge in [-0.1, -0.05) is 5.16 Å². The number of anilines is 1. The molecule has 1 atom stereocenters. The van der Waals surface area contributed by atoms with Crippen molar-refractivity contribution in [2.24, 2.45) is 11.1 Å². The van der Waals surface area contributed by atoms with Crippen LogP contribution in [0.5, 0.6) is 0 Å². The summed E-state index contributed by atoms with van der Waals surface area (Å²) in [5.74, 6) is 0.0759. The number of carbonyl (C=O) groups is 2. The molecule has 0 radical (unpaired) electrons. The van der Waals surface area contributed by atoms with E-state index in [1.54, 1.807) is 9.80 Å². The molecule has 1 unspecified atom stereocenters. The summed E-state index contributed by atoms with van der Waals surface area (Å²) in [6.45, 7) is 1.11. The molecule has 10 nitrogen and oxygen atoms in total. The number of oxime groups is 1. The van der Waals surface area contributed by atoms with Gasteiger partial charge in [0.2, 0.25) is 5.95 Å². The number of piperazine rings is 1. The number of hydrogen-bond donors (Lipinski definition) is 2. The van der Waals surface area contributed by atoms with Gasteiger partial charge in [-0.25, -0.2) is 14.8 Å². The van der Waals surface area contributed by atoms with Crippen molar-refractivity contribution in [3.63, 3.8) is 0 Å². The Balaban J connectivity index is 1.41. The fourth-order valence-electron chi connectivity index (χ4n) is 2.95. The molecule has 0 spiro atoms. The van der Waals surface area contributed by atoms with Crippen molar-refractivity contribution >= 4 is 24.2 Å². The van der Waals surface area contributed by atoms with Crippen LogP contribution in [-0.2, 0) is 15.8 Å². The normalized spacial score (nSPS) is 18.4. The van der Waals surface area contributed by atoms with E-state index in [1.165, 1.54) is 6.21 Å². The first-order chi connectivity index (χ1) is 14.2. The molecule has 2 amide bonds. The van der Waals surface area contributed by atoms with Crippen molar-refractivity contribution in [1.82, 2.24) is 20.2 Å². The molecule has 1 aromatic rings. The van der Waals surface area contributed by atoms with E-state index in [-0.39, 0.29) is 24.4 Å². The molecule has 1 saturated carbocycles. The minimum absolute atomic E-state index is 0.174. The first kappa shape index (κ1) is 21.6. The highest BCUT2D eigenvalue weighted by atomic mass is 19.4. The summed E-state index contributed by atoms with van der Waals surface area (Å²) in [5, 5.41) is 14.8. The van der Waals surface area contributed by atoms with Crippen LogP contribution in [0.2, 0.25) is 0 Å². The SMILES string of the molecule is O=C(O)NC(/C=N/OCC(=O)N1CCN(c2ncc(C(F)(F)F)cn2)CC1)C1CC1. The fourth-order valence-corrected chi connectivity index (χ4v) is 2.95. The van der Waals surface area contributed by atoms with Crippen LogP contribution in [0.3, 0.4) is 0 Å². The van der Waals surface area contributed by atoms with Crippen molar-refractivity contribution in [3.05, 3.63) is 18.0 Å². The number of nitrogens with zero attached hydrogens (tertiary/aromatic N) is 5. The number of aromatic nitrogens is 2. The lowest BCUT2D eigenvalue weighted by atomic mass is 10.2. The first-order valence-corrected chi connectivity index (χ1v) is 9.31. The van der Waals surface area contributed by atoms with Crippen molar-refractivity contribution in [2.45, 2.75) is 25.1 Å². The third kappa shape index (κ3) is 5.94. The zero-order chi connectivity index (χ0) is 21.7. The molecule has 2 fully saturated rings. The molecule has 30 heavy (non-hydrogen) atoms. The fraction of sp³-hybridized carbons (Fsp3) is 0.588. The molecule has 0 aromatic carbocycles. The highest BCUT2D eigenvalue weighted by Crippen LogP contribution is 2.32. The summed E-state index contributed by atoms with van der Waals surface area (Å²) in [7, 11) is 0. The van der Waals surface area contributed by atoms with Crippen LogP contribution in [0.25, 0.3) is 0 Å². The average molecular weight is 430 g/mol. The molecule has 2 aliphatic rings. The molecule has 1 aliphatic carbocycles. The number of rotatable bonds is 7. The predicted molar refractivity (Wildman–Crippen MR) is 97.9 cm³/mol. The number of amides is 2. The minimum atomic E-state index is -4.49. The van der Waals surface area contributed by atoms with E-state index in [2.05, 4.69) is 20.4 Å². The number of carbonyl (C=O) groups excluding carboxylic acids is 1. The Kier molecular flexibility index (Phi) is 6.57. The monoisotopic (exact) mass is 430 g/mol. The van der Waals surface area contributed by atoms with Crippen LogP contribution in [0.4, 0.5) is 23.9 Å². The lowest BCUT2D eigenvalue weighted by Gasteiger charge is -2.34. The van der Waals surface area contributed by atoms with E-state index in [9.17, 15) is 22.8 Å². The van der Waals surface area contributed by atoms with Crippen molar-refractivity contribution in [2.75, 3.05) is 37.7 Å². The molecule has 1 saturated heterocycles. The Morgan fingerprint density at radius 3 is 2.43 bits per heavy atom. The smallest absolute Gasteiger partial charge is 0.419 e. The van der Waals surface area contributed by atoms with E-state index >= 15 is 0 Å². The standard InChI is InChI=1S/C17H21F3N6O4/c18-17(19,20)12-7-21-15(22-8-12)26-5-3-25(4-6-26)14(27)10-30-23-9-13(11-1-2-11)24-16(28)29/h7-9,11,13,24H,1-6,10H2,(H,28,29)/b23-9+. The second-order valence-electron chi connectivity index (χ2n) is 6.98. The Bertz CT molecular complexity index is 777. The molecule has 1 aromatic heterocycles. The van der Waals surface area contributed by atoms with Gasteiger partial charge in [-0.2, -0.15) is 13.2 Å². The third-order valence-electron chi connectivity index (χ3n) is 4.78. The maximum Gasteiger partial charge on any atom is 0.419 e. The van der Waals surface area contributed by atoms with Gasteiger partial charge < -0.3 is 25.1 Å². The number of alkyl halides is 3. The summed E-state index contributed by atoms with van der Waals surface area (Å²) in [5.41, 5.74) is -0.916. The molecule has 13 heteroatoms. The van der Waals surface area contributed by atoms with Gasteiger partial charge in [-0.05, 0) is 18.8 Å². The summed E-state index contributed by atoms with van der Waals surface area (Å²) < 4.78 is 37.7.